The van der Waals surface area contributed by atoms with Gasteiger partial charge in [-0.2, -0.15) is 0 Å². The molecule has 0 fully saturated rings. The van der Waals surface area contributed by atoms with Crippen molar-refractivity contribution < 1.29 is 22.7 Å². The number of nitrogens with one attached hydrogen (secondary N) is 1. The zero-order valence-electron chi connectivity index (χ0n) is 21.5. The summed E-state index contributed by atoms with van der Waals surface area (Å²) in [6.45, 7) is 1.63. The molecule has 1 atom stereocenters. The summed E-state index contributed by atoms with van der Waals surface area (Å²) < 4.78 is 31.8. The van der Waals surface area contributed by atoms with E-state index in [4.69, 9.17) is 4.74 Å². The second-order valence-electron chi connectivity index (χ2n) is 8.80. The first kappa shape index (κ1) is 27.7. The van der Waals surface area contributed by atoms with Crippen molar-refractivity contribution in [3.63, 3.8) is 0 Å². The maximum atomic E-state index is 13.9. The minimum Gasteiger partial charge on any atom is -0.497 e. The van der Waals surface area contributed by atoms with Gasteiger partial charge in [-0.3, -0.25) is 13.9 Å². The number of amides is 2. The van der Waals surface area contributed by atoms with E-state index in [0.717, 1.165) is 27.3 Å². The van der Waals surface area contributed by atoms with Crippen LogP contribution in [0.1, 0.15) is 16.7 Å². The Hall–Kier alpha value is -3.85. The van der Waals surface area contributed by atoms with Gasteiger partial charge in [0.05, 0.1) is 19.1 Å². The highest BCUT2D eigenvalue weighted by Gasteiger charge is 2.32. The van der Waals surface area contributed by atoms with E-state index >= 15 is 0 Å². The van der Waals surface area contributed by atoms with Gasteiger partial charge in [0.1, 0.15) is 18.3 Å². The lowest BCUT2D eigenvalue weighted by atomic mass is 10.0. The van der Waals surface area contributed by atoms with E-state index in [2.05, 4.69) is 5.32 Å². The van der Waals surface area contributed by atoms with Crippen molar-refractivity contribution in [2.24, 2.45) is 0 Å². The van der Waals surface area contributed by atoms with Crippen LogP contribution in [0, 0.1) is 6.92 Å². The Bertz CT molecular complexity index is 1310. The summed E-state index contributed by atoms with van der Waals surface area (Å²) in [5, 5.41) is 2.66. The number of aryl methyl sites for hydroxylation is 1. The molecule has 196 valence electrons. The number of carbonyl (C=O) groups excluding carboxylic acids is 2. The number of methoxy groups -OCH3 is 1. The summed E-state index contributed by atoms with van der Waals surface area (Å²) in [5.74, 6) is -0.377. The first-order valence-corrected chi connectivity index (χ1v) is 13.7. The van der Waals surface area contributed by atoms with Gasteiger partial charge < -0.3 is 15.0 Å². The van der Waals surface area contributed by atoms with Crippen molar-refractivity contribution in [3.05, 3.63) is 95.6 Å². The second-order valence-corrected chi connectivity index (χ2v) is 10.7. The van der Waals surface area contributed by atoms with Crippen molar-refractivity contribution in [2.45, 2.75) is 25.9 Å². The van der Waals surface area contributed by atoms with Crippen LogP contribution in [0.5, 0.6) is 5.75 Å². The summed E-state index contributed by atoms with van der Waals surface area (Å²) >= 11 is 0. The van der Waals surface area contributed by atoms with E-state index in [1.165, 1.54) is 19.1 Å². The monoisotopic (exact) mass is 523 g/mol. The highest BCUT2D eigenvalue weighted by molar-refractivity contribution is 7.92. The third kappa shape index (κ3) is 7.57. The summed E-state index contributed by atoms with van der Waals surface area (Å²) in [4.78, 5) is 28.4. The SMILES string of the molecule is CNC(=O)[C@@H](Cc1ccccc1)N(Cc1ccc(C)cc1)C(=O)CN(c1cccc(OC)c1)S(C)(=O)=O. The number of rotatable bonds is 11. The minimum atomic E-state index is -3.83. The average Bonchev–Trinajstić information content (AvgIpc) is 2.89. The van der Waals surface area contributed by atoms with Gasteiger partial charge in [0.25, 0.3) is 0 Å². The number of hydrogen-bond acceptors (Lipinski definition) is 5. The molecule has 3 aromatic rings. The zero-order valence-corrected chi connectivity index (χ0v) is 22.4. The third-order valence-corrected chi connectivity index (χ3v) is 7.15. The highest BCUT2D eigenvalue weighted by atomic mass is 32.2. The molecule has 8 nitrogen and oxygen atoms in total. The van der Waals surface area contributed by atoms with Crippen LogP contribution in [0.25, 0.3) is 0 Å². The van der Waals surface area contributed by atoms with Crippen molar-refractivity contribution >= 4 is 27.5 Å². The summed E-state index contributed by atoms with van der Waals surface area (Å²) in [7, 11) is -0.827. The van der Waals surface area contributed by atoms with Crippen LogP contribution in [0.15, 0.2) is 78.9 Å². The number of carbonyl (C=O) groups is 2. The van der Waals surface area contributed by atoms with Crippen LogP contribution in [0.2, 0.25) is 0 Å². The van der Waals surface area contributed by atoms with Crippen molar-refractivity contribution in [2.75, 3.05) is 31.3 Å². The molecular formula is C28H33N3O5S. The molecular weight excluding hydrogens is 490 g/mol. The molecule has 1 N–H and O–H groups in total. The molecule has 3 rings (SSSR count). The number of sulfonamides is 1. The number of likely N-dealkylation sites (N-methyl/N-ethyl adjacent to an activating group) is 1. The minimum absolute atomic E-state index is 0.139. The van der Waals surface area contributed by atoms with Gasteiger partial charge in [-0.1, -0.05) is 66.2 Å². The van der Waals surface area contributed by atoms with Gasteiger partial charge in [0, 0.05) is 26.1 Å². The largest absolute Gasteiger partial charge is 0.497 e. The van der Waals surface area contributed by atoms with Crippen LogP contribution < -0.4 is 14.4 Å². The molecule has 0 heterocycles. The predicted molar refractivity (Wildman–Crippen MR) is 145 cm³/mol. The van der Waals surface area contributed by atoms with Gasteiger partial charge in [0.15, 0.2) is 0 Å². The number of benzene rings is 3. The summed E-state index contributed by atoms with van der Waals surface area (Å²) in [6.07, 6.45) is 1.32. The molecule has 0 aromatic heterocycles. The van der Waals surface area contributed by atoms with Crippen molar-refractivity contribution in [1.82, 2.24) is 10.2 Å². The Kier molecular flexibility index (Phi) is 9.30. The number of hydrogen-bond donors (Lipinski definition) is 1. The Morgan fingerprint density at radius 2 is 1.62 bits per heavy atom. The van der Waals surface area contributed by atoms with Crippen LogP contribution >= 0.6 is 0 Å². The molecule has 2 amide bonds. The molecule has 0 aliphatic heterocycles. The van der Waals surface area contributed by atoms with E-state index in [-0.39, 0.29) is 18.9 Å². The van der Waals surface area contributed by atoms with Gasteiger partial charge in [0.2, 0.25) is 21.8 Å². The maximum absolute atomic E-state index is 13.9. The molecule has 0 aliphatic rings. The first-order chi connectivity index (χ1) is 17.6. The van der Waals surface area contributed by atoms with E-state index < -0.39 is 28.5 Å². The fourth-order valence-electron chi connectivity index (χ4n) is 3.99. The highest BCUT2D eigenvalue weighted by Crippen LogP contribution is 2.24. The van der Waals surface area contributed by atoms with E-state index in [9.17, 15) is 18.0 Å². The number of ether oxygens (including phenoxy) is 1. The molecule has 0 saturated heterocycles. The van der Waals surface area contributed by atoms with Gasteiger partial charge in [-0.15, -0.1) is 0 Å². The second kappa shape index (κ2) is 12.4. The molecule has 0 radical (unpaired) electrons. The number of nitrogens with zero attached hydrogens (tertiary/aromatic N) is 2. The lowest BCUT2D eigenvalue weighted by Crippen LogP contribution is -2.52. The Labute approximate surface area is 218 Å². The van der Waals surface area contributed by atoms with Crippen molar-refractivity contribution in [3.8, 4) is 5.75 Å². The van der Waals surface area contributed by atoms with Crippen LogP contribution in [-0.2, 0) is 32.6 Å². The molecule has 3 aromatic carbocycles. The molecule has 0 unspecified atom stereocenters. The van der Waals surface area contributed by atoms with Gasteiger partial charge in [-0.05, 0) is 30.2 Å². The number of anilines is 1. The fourth-order valence-corrected chi connectivity index (χ4v) is 4.83. The van der Waals surface area contributed by atoms with Crippen molar-refractivity contribution in [1.29, 1.82) is 0 Å². The quantitative estimate of drug-likeness (QED) is 0.417. The van der Waals surface area contributed by atoms with E-state index in [1.807, 2.05) is 61.5 Å². The molecule has 0 bridgehead atoms. The maximum Gasteiger partial charge on any atom is 0.244 e. The Balaban J connectivity index is 2.02. The molecule has 0 saturated carbocycles. The topological polar surface area (TPSA) is 96.0 Å². The normalized spacial score (nSPS) is 11.9. The smallest absolute Gasteiger partial charge is 0.244 e. The van der Waals surface area contributed by atoms with E-state index in [1.54, 1.807) is 24.3 Å². The van der Waals surface area contributed by atoms with Gasteiger partial charge in [-0.25, -0.2) is 8.42 Å². The standard InChI is InChI=1S/C28H33N3O5S/c1-21-13-15-23(16-14-21)19-30(26(28(33)29-2)17-22-9-6-5-7-10-22)27(32)20-31(37(4,34)35)24-11-8-12-25(18-24)36-3/h5-16,18,26H,17,19-20H2,1-4H3,(H,29,33)/t26-/m1/s1. The summed E-state index contributed by atoms with van der Waals surface area (Å²) in [6, 6.07) is 22.7. The molecule has 0 aliphatic carbocycles. The summed E-state index contributed by atoms with van der Waals surface area (Å²) in [5.41, 5.74) is 3.07. The zero-order chi connectivity index (χ0) is 27.0. The average molecular weight is 524 g/mol. The first-order valence-electron chi connectivity index (χ1n) is 11.8. The molecule has 9 heteroatoms. The lowest BCUT2D eigenvalue weighted by Gasteiger charge is -2.33. The van der Waals surface area contributed by atoms with Gasteiger partial charge >= 0.3 is 0 Å². The third-order valence-electron chi connectivity index (χ3n) is 6.01. The van der Waals surface area contributed by atoms with E-state index in [0.29, 0.717) is 11.4 Å². The lowest BCUT2D eigenvalue weighted by molar-refractivity contribution is -0.139. The molecule has 37 heavy (non-hydrogen) atoms. The Morgan fingerprint density at radius 3 is 2.22 bits per heavy atom. The van der Waals surface area contributed by atoms with Crippen LogP contribution in [0.3, 0.4) is 0 Å². The molecule has 0 spiro atoms. The predicted octanol–water partition coefficient (Wildman–Crippen LogP) is 3.16. The van der Waals surface area contributed by atoms with Crippen LogP contribution in [-0.4, -0.2) is 58.1 Å². The van der Waals surface area contributed by atoms with Crippen LogP contribution in [0.4, 0.5) is 5.69 Å². The Morgan fingerprint density at radius 1 is 0.946 bits per heavy atom. The fraction of sp³-hybridized carbons (Fsp3) is 0.286.